The Bertz CT molecular complexity index is 742. The average Bonchev–Trinajstić information content (AvgIpc) is 3.13. The van der Waals surface area contributed by atoms with Gasteiger partial charge in [0.05, 0.1) is 19.4 Å². The van der Waals surface area contributed by atoms with Gasteiger partial charge in [0.15, 0.2) is 5.11 Å². The fourth-order valence-electron chi connectivity index (χ4n) is 2.67. The van der Waals surface area contributed by atoms with Crippen molar-refractivity contribution in [3.05, 3.63) is 42.0 Å². The quantitative estimate of drug-likeness (QED) is 0.497. The van der Waals surface area contributed by atoms with E-state index in [1.165, 1.54) is 0 Å². The number of methoxy groups -OCH3 is 1. The van der Waals surface area contributed by atoms with E-state index in [4.69, 9.17) is 21.7 Å². The van der Waals surface area contributed by atoms with Gasteiger partial charge in [0.25, 0.3) is 0 Å². The molecule has 24 heavy (non-hydrogen) atoms. The molecule has 126 valence electrons. The van der Waals surface area contributed by atoms with Gasteiger partial charge in [0.1, 0.15) is 5.75 Å². The number of nitrogens with zero attached hydrogens (tertiary/aromatic N) is 1. The highest BCUT2D eigenvalue weighted by atomic mass is 32.1. The molecule has 0 amide bonds. The van der Waals surface area contributed by atoms with Crippen LogP contribution in [0.4, 0.5) is 0 Å². The van der Waals surface area contributed by atoms with E-state index in [2.05, 4.69) is 21.9 Å². The lowest BCUT2D eigenvalue weighted by molar-refractivity contribution is 0.114. The summed E-state index contributed by atoms with van der Waals surface area (Å²) >= 11 is 5.20. The Hall–Kier alpha value is -2.18. The summed E-state index contributed by atoms with van der Waals surface area (Å²) in [6.45, 7) is 1.57. The number of fused-ring (bicyclic) bond motifs is 1. The molecule has 1 aliphatic heterocycles. The molecule has 1 aliphatic rings. The molecule has 0 unspecified atom stereocenters. The monoisotopic (exact) mass is 343 g/mol. The lowest BCUT2D eigenvalue weighted by Gasteiger charge is -2.11. The summed E-state index contributed by atoms with van der Waals surface area (Å²) in [6, 6.07) is 12.1. The van der Waals surface area contributed by atoms with Crippen LogP contribution in [0.25, 0.3) is 10.8 Å². The Morgan fingerprint density at radius 2 is 2.17 bits per heavy atom. The van der Waals surface area contributed by atoms with Crippen molar-refractivity contribution in [1.29, 1.82) is 0 Å². The Kier molecular flexibility index (Phi) is 5.61. The molecule has 0 radical (unpaired) electrons. The van der Waals surface area contributed by atoms with Crippen molar-refractivity contribution >= 4 is 34.3 Å². The fraction of sp³-hybridized carbons (Fsp3) is 0.333. The maximum Gasteiger partial charge on any atom is 0.187 e. The van der Waals surface area contributed by atoms with Gasteiger partial charge < -0.3 is 14.8 Å². The number of rotatable bonds is 5. The molecule has 3 rings (SSSR count). The van der Waals surface area contributed by atoms with Gasteiger partial charge in [-0.1, -0.05) is 18.2 Å². The third-order valence-corrected chi connectivity index (χ3v) is 4.20. The molecule has 2 N–H and O–H groups in total. The topological polar surface area (TPSA) is 54.9 Å². The van der Waals surface area contributed by atoms with Gasteiger partial charge >= 0.3 is 0 Å². The Balaban J connectivity index is 1.53. The summed E-state index contributed by atoms with van der Waals surface area (Å²) < 4.78 is 10.8. The summed E-state index contributed by atoms with van der Waals surface area (Å²) in [7, 11) is 1.67. The minimum Gasteiger partial charge on any atom is -0.497 e. The van der Waals surface area contributed by atoms with Crippen LogP contribution in [-0.4, -0.2) is 37.7 Å². The van der Waals surface area contributed by atoms with E-state index in [0.717, 1.165) is 48.1 Å². The summed E-state index contributed by atoms with van der Waals surface area (Å²) in [5.74, 6) is 0.855. The fourth-order valence-corrected chi connectivity index (χ4v) is 2.80. The number of hydrogen-bond donors (Lipinski definition) is 2. The highest BCUT2D eigenvalue weighted by Gasteiger charge is 2.14. The summed E-state index contributed by atoms with van der Waals surface area (Å²) in [5.41, 5.74) is 3.84. The smallest absolute Gasteiger partial charge is 0.187 e. The van der Waals surface area contributed by atoms with Gasteiger partial charge in [-0.15, -0.1) is 0 Å². The van der Waals surface area contributed by atoms with Gasteiger partial charge in [0, 0.05) is 13.2 Å². The normalized spacial score (nSPS) is 17.3. The zero-order chi connectivity index (χ0) is 16.8. The lowest BCUT2D eigenvalue weighted by atomic mass is 10.1. The molecule has 0 spiro atoms. The zero-order valence-electron chi connectivity index (χ0n) is 13.6. The molecule has 1 saturated heterocycles. The van der Waals surface area contributed by atoms with Crippen molar-refractivity contribution in [3.63, 3.8) is 0 Å². The molecule has 0 bridgehead atoms. The summed E-state index contributed by atoms with van der Waals surface area (Å²) in [6.07, 6.45) is 4.22. The Morgan fingerprint density at radius 1 is 1.33 bits per heavy atom. The molecule has 6 heteroatoms. The van der Waals surface area contributed by atoms with Crippen molar-refractivity contribution in [1.82, 2.24) is 10.7 Å². The van der Waals surface area contributed by atoms with Crippen LogP contribution >= 0.6 is 12.2 Å². The SMILES string of the molecule is COc1ccc2cc(/C=N\NC(=S)NC[C@@H]3CCCO3)ccc2c1. The van der Waals surface area contributed by atoms with Crippen molar-refractivity contribution < 1.29 is 9.47 Å². The summed E-state index contributed by atoms with van der Waals surface area (Å²) in [4.78, 5) is 0. The first-order valence-corrected chi connectivity index (χ1v) is 8.42. The first kappa shape index (κ1) is 16.7. The van der Waals surface area contributed by atoms with E-state index < -0.39 is 0 Å². The number of benzene rings is 2. The van der Waals surface area contributed by atoms with Crippen molar-refractivity contribution in [3.8, 4) is 5.75 Å². The van der Waals surface area contributed by atoms with E-state index in [0.29, 0.717) is 5.11 Å². The number of nitrogens with one attached hydrogen (secondary N) is 2. The van der Waals surface area contributed by atoms with Crippen LogP contribution in [0.1, 0.15) is 18.4 Å². The van der Waals surface area contributed by atoms with Gasteiger partial charge in [0.2, 0.25) is 0 Å². The van der Waals surface area contributed by atoms with Crippen LogP contribution < -0.4 is 15.5 Å². The average molecular weight is 343 g/mol. The second kappa shape index (κ2) is 8.08. The molecule has 1 heterocycles. The number of thiocarbonyl (C=S) groups is 1. The van der Waals surface area contributed by atoms with Crippen molar-refractivity contribution in [2.45, 2.75) is 18.9 Å². The molecule has 1 atom stereocenters. The minimum atomic E-state index is 0.256. The molecule has 2 aromatic rings. The van der Waals surface area contributed by atoms with Gasteiger partial charge in [-0.3, -0.25) is 5.43 Å². The molecule has 0 aromatic heterocycles. The van der Waals surface area contributed by atoms with Crippen LogP contribution in [0.5, 0.6) is 5.75 Å². The van der Waals surface area contributed by atoms with E-state index in [1.54, 1.807) is 13.3 Å². The Labute approximate surface area is 147 Å². The van der Waals surface area contributed by atoms with E-state index in [9.17, 15) is 0 Å². The van der Waals surface area contributed by atoms with Crippen LogP contribution in [-0.2, 0) is 4.74 Å². The van der Waals surface area contributed by atoms with Gasteiger partial charge in [-0.2, -0.15) is 5.10 Å². The predicted molar refractivity (Wildman–Crippen MR) is 101 cm³/mol. The third kappa shape index (κ3) is 4.43. The Morgan fingerprint density at radius 3 is 2.96 bits per heavy atom. The van der Waals surface area contributed by atoms with Crippen LogP contribution in [0.2, 0.25) is 0 Å². The van der Waals surface area contributed by atoms with Gasteiger partial charge in [-0.05, 0) is 59.6 Å². The van der Waals surface area contributed by atoms with Crippen LogP contribution in [0, 0.1) is 0 Å². The predicted octanol–water partition coefficient (Wildman–Crippen LogP) is 2.83. The van der Waals surface area contributed by atoms with E-state index >= 15 is 0 Å². The van der Waals surface area contributed by atoms with Crippen LogP contribution in [0.3, 0.4) is 0 Å². The largest absolute Gasteiger partial charge is 0.497 e. The summed E-state index contributed by atoms with van der Waals surface area (Å²) in [5, 5.41) is 10.1. The van der Waals surface area contributed by atoms with E-state index in [-0.39, 0.29) is 6.10 Å². The second-order valence-electron chi connectivity index (χ2n) is 5.69. The second-order valence-corrected chi connectivity index (χ2v) is 6.10. The number of hydrazone groups is 1. The number of hydrogen-bond acceptors (Lipinski definition) is 4. The number of ether oxygens (including phenoxy) is 2. The standard InChI is InChI=1S/C18H21N3O2S/c1-22-16-7-6-14-9-13(4-5-15(14)10-16)11-20-21-18(24)19-12-17-3-2-8-23-17/h4-7,9-11,17H,2-3,8,12H2,1H3,(H2,19,21,24)/b20-11-/t17-/m0/s1. The molecule has 2 aromatic carbocycles. The zero-order valence-corrected chi connectivity index (χ0v) is 14.4. The molecule has 0 aliphatic carbocycles. The third-order valence-electron chi connectivity index (χ3n) is 3.97. The maximum absolute atomic E-state index is 5.54. The van der Waals surface area contributed by atoms with Crippen molar-refractivity contribution in [2.24, 2.45) is 5.10 Å². The molecular formula is C18H21N3O2S. The first-order valence-electron chi connectivity index (χ1n) is 8.01. The minimum absolute atomic E-state index is 0.256. The van der Waals surface area contributed by atoms with E-state index in [1.807, 2.05) is 30.3 Å². The maximum atomic E-state index is 5.54. The highest BCUT2D eigenvalue weighted by molar-refractivity contribution is 7.80. The molecule has 0 saturated carbocycles. The molecular weight excluding hydrogens is 322 g/mol. The highest BCUT2D eigenvalue weighted by Crippen LogP contribution is 2.21. The van der Waals surface area contributed by atoms with Crippen LogP contribution in [0.15, 0.2) is 41.5 Å². The first-order chi connectivity index (χ1) is 11.7. The molecule has 5 nitrogen and oxygen atoms in total. The van der Waals surface area contributed by atoms with Gasteiger partial charge in [-0.25, -0.2) is 0 Å². The lowest BCUT2D eigenvalue weighted by Crippen LogP contribution is -2.37. The van der Waals surface area contributed by atoms with Crippen molar-refractivity contribution in [2.75, 3.05) is 20.3 Å². The molecule has 1 fully saturated rings.